The third kappa shape index (κ3) is 8.26. The summed E-state index contributed by atoms with van der Waals surface area (Å²) < 4.78 is 41.6. The molecule has 1 fully saturated rings. The van der Waals surface area contributed by atoms with Crippen molar-refractivity contribution < 1.29 is 47.3 Å². The lowest BCUT2D eigenvalue weighted by atomic mass is 9.88. The summed E-state index contributed by atoms with van der Waals surface area (Å²) in [4.78, 5) is 50.1. The second kappa shape index (κ2) is 13.9. The first-order valence-corrected chi connectivity index (χ1v) is 14.5. The summed E-state index contributed by atoms with van der Waals surface area (Å²) in [5.74, 6) is -2.91. The number of benzene rings is 2. The SMILES string of the molecule is CC(=O)OC[C@H]1OC(c2ccc(C)c(Cc3ccc(-c4ccc(F)cc4)s3)c2)[C@H](OC(C)=O)[C@@H](OC(C)=O)[C@@H]1OC(C)=O. The van der Waals surface area contributed by atoms with Crippen LogP contribution in [0.2, 0.25) is 0 Å². The van der Waals surface area contributed by atoms with Crippen LogP contribution in [0.5, 0.6) is 0 Å². The number of carbonyl (C=O) groups is 4. The molecule has 0 N–H and O–H groups in total. The summed E-state index contributed by atoms with van der Waals surface area (Å²) in [7, 11) is 0. The van der Waals surface area contributed by atoms with Crippen LogP contribution < -0.4 is 0 Å². The van der Waals surface area contributed by atoms with Gasteiger partial charge in [0.15, 0.2) is 18.3 Å². The molecule has 0 radical (unpaired) electrons. The maximum Gasteiger partial charge on any atom is 0.303 e. The van der Waals surface area contributed by atoms with Gasteiger partial charge in [-0.15, -0.1) is 11.3 Å². The Labute approximate surface area is 252 Å². The first-order valence-electron chi connectivity index (χ1n) is 13.7. The van der Waals surface area contributed by atoms with Crippen molar-refractivity contribution in [2.75, 3.05) is 6.61 Å². The number of ether oxygens (including phenoxy) is 5. The van der Waals surface area contributed by atoms with Crippen LogP contribution in [0.4, 0.5) is 4.39 Å². The summed E-state index contributed by atoms with van der Waals surface area (Å²) in [5, 5.41) is 0. The Bertz CT molecular complexity index is 1480. The number of carbonyl (C=O) groups excluding carboxylic acids is 4. The lowest BCUT2D eigenvalue weighted by molar-refractivity contribution is -0.254. The van der Waals surface area contributed by atoms with Crippen LogP contribution in [0.1, 0.15) is 55.4 Å². The lowest BCUT2D eigenvalue weighted by Gasteiger charge is -2.44. The van der Waals surface area contributed by atoms with Crippen molar-refractivity contribution in [3.8, 4) is 10.4 Å². The van der Waals surface area contributed by atoms with Crippen molar-refractivity contribution >= 4 is 35.2 Å². The fourth-order valence-corrected chi connectivity index (χ4v) is 6.02. The average Bonchev–Trinajstić information content (AvgIpc) is 3.39. The van der Waals surface area contributed by atoms with Gasteiger partial charge in [0, 0.05) is 43.9 Å². The predicted molar refractivity (Wildman–Crippen MR) is 155 cm³/mol. The minimum Gasteiger partial charge on any atom is -0.463 e. The largest absolute Gasteiger partial charge is 0.463 e. The number of esters is 4. The van der Waals surface area contributed by atoms with Gasteiger partial charge in [0.1, 0.15) is 24.6 Å². The Morgan fingerprint density at radius 3 is 2.05 bits per heavy atom. The monoisotopic (exact) mass is 612 g/mol. The molecule has 0 bridgehead atoms. The Morgan fingerprint density at radius 2 is 1.42 bits per heavy atom. The maximum absolute atomic E-state index is 13.4. The molecule has 0 aliphatic carbocycles. The van der Waals surface area contributed by atoms with Crippen molar-refractivity contribution in [1.29, 1.82) is 0 Å². The summed E-state index contributed by atoms with van der Waals surface area (Å²) in [6.45, 7) is 6.48. The van der Waals surface area contributed by atoms with Gasteiger partial charge in [-0.2, -0.15) is 0 Å². The number of thiophene rings is 1. The fraction of sp³-hybridized carbons (Fsp3) is 0.375. The molecule has 2 aromatic carbocycles. The van der Waals surface area contributed by atoms with Crippen LogP contribution in [-0.2, 0) is 49.3 Å². The highest BCUT2D eigenvalue weighted by molar-refractivity contribution is 7.15. The standard InChI is InChI=1S/C32H33FO9S/c1-17-6-7-23(14-24(17)15-26-12-13-28(43-26)22-8-10-25(33)11-9-22)29-31(40-20(4)36)32(41-21(5)37)30(39-19(3)35)27(42-29)16-38-18(2)34/h6-14,27,29-32H,15-16H2,1-5H3/t27-,29?,30-,31+,32+/m1/s1. The quantitative estimate of drug-likeness (QED) is 0.236. The van der Waals surface area contributed by atoms with Crippen molar-refractivity contribution in [3.05, 3.63) is 82.0 Å². The highest BCUT2D eigenvalue weighted by Gasteiger charge is 2.52. The molecule has 2 heterocycles. The van der Waals surface area contributed by atoms with E-state index < -0.39 is 54.4 Å². The summed E-state index contributed by atoms with van der Waals surface area (Å²) in [5.41, 5.74) is 3.51. The molecular formula is C32H33FO9S. The van der Waals surface area contributed by atoms with Gasteiger partial charge in [0.05, 0.1) is 0 Å². The Hall–Kier alpha value is -4.09. The minimum atomic E-state index is -1.25. The highest BCUT2D eigenvalue weighted by atomic mass is 32.1. The number of hydrogen-bond acceptors (Lipinski definition) is 10. The van der Waals surface area contributed by atoms with E-state index in [2.05, 4.69) is 0 Å². The lowest BCUT2D eigenvalue weighted by Crippen LogP contribution is -2.59. The zero-order chi connectivity index (χ0) is 31.3. The predicted octanol–water partition coefficient (Wildman–Crippen LogP) is 5.25. The second-order valence-corrected chi connectivity index (χ2v) is 11.4. The van der Waals surface area contributed by atoms with Crippen molar-refractivity contribution in [3.63, 3.8) is 0 Å². The van der Waals surface area contributed by atoms with E-state index in [9.17, 15) is 23.6 Å². The number of halogens is 1. The van der Waals surface area contributed by atoms with Gasteiger partial charge in [0.25, 0.3) is 0 Å². The number of hydrogen-bond donors (Lipinski definition) is 0. The van der Waals surface area contributed by atoms with Gasteiger partial charge in [-0.05, 0) is 53.4 Å². The molecule has 9 nitrogen and oxygen atoms in total. The summed E-state index contributed by atoms with van der Waals surface area (Å²) in [6, 6.07) is 16.0. The van der Waals surface area contributed by atoms with Crippen molar-refractivity contribution in [1.82, 2.24) is 0 Å². The normalized spacial score (nSPS) is 21.5. The zero-order valence-electron chi connectivity index (χ0n) is 24.5. The van der Waals surface area contributed by atoms with E-state index in [1.807, 2.05) is 37.3 Å². The van der Waals surface area contributed by atoms with Gasteiger partial charge in [-0.25, -0.2) is 4.39 Å². The Kier molecular flexibility index (Phi) is 10.3. The fourth-order valence-electron chi connectivity index (χ4n) is 4.99. The first kappa shape index (κ1) is 31.8. The third-order valence-electron chi connectivity index (χ3n) is 6.85. The van der Waals surface area contributed by atoms with E-state index in [-0.39, 0.29) is 12.4 Å². The second-order valence-electron chi connectivity index (χ2n) is 10.3. The Morgan fingerprint density at radius 1 is 0.791 bits per heavy atom. The molecule has 1 aromatic heterocycles. The first-order chi connectivity index (χ1) is 20.4. The minimum absolute atomic E-state index is 0.296. The van der Waals surface area contributed by atoms with Crippen LogP contribution in [0.15, 0.2) is 54.6 Å². The maximum atomic E-state index is 13.4. The van der Waals surface area contributed by atoms with E-state index in [0.29, 0.717) is 12.0 Å². The smallest absolute Gasteiger partial charge is 0.303 e. The Balaban J connectivity index is 1.70. The van der Waals surface area contributed by atoms with E-state index in [1.54, 1.807) is 23.5 Å². The van der Waals surface area contributed by atoms with E-state index in [1.165, 1.54) is 39.8 Å². The molecule has 0 spiro atoms. The molecule has 43 heavy (non-hydrogen) atoms. The molecule has 3 aromatic rings. The molecule has 4 rings (SSSR count). The average molecular weight is 613 g/mol. The van der Waals surface area contributed by atoms with Crippen LogP contribution in [0, 0.1) is 12.7 Å². The van der Waals surface area contributed by atoms with Crippen LogP contribution >= 0.6 is 11.3 Å². The van der Waals surface area contributed by atoms with Gasteiger partial charge in [-0.1, -0.05) is 30.3 Å². The van der Waals surface area contributed by atoms with Crippen molar-refractivity contribution in [2.45, 2.75) is 71.6 Å². The summed E-state index contributed by atoms with van der Waals surface area (Å²) >= 11 is 1.59. The molecule has 11 heteroatoms. The van der Waals surface area contributed by atoms with E-state index in [4.69, 9.17) is 23.7 Å². The van der Waals surface area contributed by atoms with Gasteiger partial charge in [0.2, 0.25) is 0 Å². The number of rotatable bonds is 9. The number of aryl methyl sites for hydroxylation is 1. The zero-order valence-corrected chi connectivity index (χ0v) is 25.3. The van der Waals surface area contributed by atoms with Gasteiger partial charge >= 0.3 is 23.9 Å². The molecule has 228 valence electrons. The highest BCUT2D eigenvalue weighted by Crippen LogP contribution is 2.39. The molecule has 0 saturated carbocycles. The molecule has 0 amide bonds. The summed E-state index contributed by atoms with van der Waals surface area (Å²) in [6.07, 6.45) is -5.06. The third-order valence-corrected chi connectivity index (χ3v) is 7.98. The van der Waals surface area contributed by atoms with Gasteiger partial charge in [-0.3, -0.25) is 19.2 Å². The topological polar surface area (TPSA) is 114 Å². The van der Waals surface area contributed by atoms with E-state index in [0.717, 1.165) is 26.4 Å². The van der Waals surface area contributed by atoms with Crippen LogP contribution in [0.25, 0.3) is 10.4 Å². The van der Waals surface area contributed by atoms with Crippen molar-refractivity contribution in [2.24, 2.45) is 0 Å². The molecule has 1 aliphatic heterocycles. The van der Waals surface area contributed by atoms with Crippen LogP contribution in [-0.4, -0.2) is 54.9 Å². The van der Waals surface area contributed by atoms with Gasteiger partial charge < -0.3 is 23.7 Å². The molecule has 1 unspecified atom stereocenters. The molecule has 5 atom stereocenters. The molecule has 1 aliphatic rings. The van der Waals surface area contributed by atoms with E-state index >= 15 is 0 Å². The molecular weight excluding hydrogens is 579 g/mol. The molecule has 1 saturated heterocycles. The van der Waals surface area contributed by atoms with Crippen LogP contribution in [0.3, 0.4) is 0 Å².